The van der Waals surface area contributed by atoms with Crippen LogP contribution in [0.1, 0.15) is 27.6 Å². The van der Waals surface area contributed by atoms with Crippen LogP contribution >= 0.6 is 11.8 Å². The van der Waals surface area contributed by atoms with Crippen molar-refractivity contribution in [1.29, 1.82) is 0 Å². The zero-order valence-corrected chi connectivity index (χ0v) is 13.1. The molecule has 2 aromatic carbocycles. The number of carbonyl (C=O) groups excluding carboxylic acids is 1. The molecule has 1 atom stereocenters. The molecule has 4 heteroatoms. The predicted octanol–water partition coefficient (Wildman–Crippen LogP) is 3.64. The summed E-state index contributed by atoms with van der Waals surface area (Å²) in [6, 6.07) is 12.5. The van der Waals surface area contributed by atoms with E-state index in [1.807, 2.05) is 31.4 Å². The first-order chi connectivity index (χ1) is 10.1. The number of rotatable bonds is 5. The fraction of sp³-hybridized carbons (Fsp3) is 0.235. The zero-order chi connectivity index (χ0) is 15.4. The Balaban J connectivity index is 2.25. The van der Waals surface area contributed by atoms with E-state index in [0.717, 1.165) is 10.5 Å². The first kappa shape index (κ1) is 15.6. The van der Waals surface area contributed by atoms with Crippen molar-refractivity contribution in [3.05, 3.63) is 59.2 Å². The molecular weight excluding hydrogens is 284 g/mol. The minimum atomic E-state index is -1.18. The maximum atomic E-state index is 12.3. The lowest BCUT2D eigenvalue weighted by Crippen LogP contribution is -2.12. The van der Waals surface area contributed by atoms with E-state index in [2.05, 4.69) is 0 Å². The van der Waals surface area contributed by atoms with Gasteiger partial charge in [-0.05, 0) is 42.5 Å². The minimum Gasteiger partial charge on any atom is -0.496 e. The second-order valence-electron chi connectivity index (χ2n) is 4.72. The fourth-order valence-corrected chi connectivity index (χ4v) is 2.48. The summed E-state index contributed by atoms with van der Waals surface area (Å²) in [5, 5.41) is 10.3. The van der Waals surface area contributed by atoms with Crippen LogP contribution in [0.3, 0.4) is 0 Å². The number of aliphatic hydroxyl groups excluding tert-OH is 1. The number of benzene rings is 2. The summed E-state index contributed by atoms with van der Waals surface area (Å²) in [7, 11) is 1.57. The smallest absolute Gasteiger partial charge is 0.195 e. The molecule has 21 heavy (non-hydrogen) atoms. The lowest BCUT2D eigenvalue weighted by molar-refractivity contribution is 0.0747. The Morgan fingerprint density at radius 1 is 1.19 bits per heavy atom. The van der Waals surface area contributed by atoms with E-state index in [-0.39, 0.29) is 5.78 Å². The SMILES string of the molecule is COc1cc(C(O)C(=O)c2ccc(SC)cc2)ccc1C. The lowest BCUT2D eigenvalue weighted by Gasteiger charge is -2.13. The van der Waals surface area contributed by atoms with Gasteiger partial charge in [-0.25, -0.2) is 0 Å². The Hall–Kier alpha value is -1.78. The van der Waals surface area contributed by atoms with Gasteiger partial charge in [0.05, 0.1) is 7.11 Å². The molecule has 0 aliphatic heterocycles. The van der Waals surface area contributed by atoms with E-state index in [0.29, 0.717) is 16.9 Å². The van der Waals surface area contributed by atoms with Crippen LogP contribution in [0.25, 0.3) is 0 Å². The Morgan fingerprint density at radius 2 is 1.86 bits per heavy atom. The van der Waals surface area contributed by atoms with Crippen molar-refractivity contribution in [3.63, 3.8) is 0 Å². The highest BCUT2D eigenvalue weighted by atomic mass is 32.2. The van der Waals surface area contributed by atoms with Gasteiger partial charge < -0.3 is 9.84 Å². The molecule has 1 N–H and O–H groups in total. The van der Waals surface area contributed by atoms with Crippen molar-refractivity contribution in [3.8, 4) is 5.75 Å². The lowest BCUT2D eigenvalue weighted by atomic mass is 9.99. The molecule has 0 saturated heterocycles. The molecule has 1 unspecified atom stereocenters. The third-order valence-corrected chi connectivity index (χ3v) is 4.11. The third-order valence-electron chi connectivity index (χ3n) is 3.37. The number of Topliss-reactive ketones (excluding diaryl/α,β-unsaturated/α-hetero) is 1. The standard InChI is InChI=1S/C17H18O3S/c1-11-4-5-13(10-15(11)20-2)17(19)16(18)12-6-8-14(21-3)9-7-12/h4-10,17,19H,1-3H3. The van der Waals surface area contributed by atoms with Crippen LogP contribution in [0.5, 0.6) is 5.75 Å². The second-order valence-corrected chi connectivity index (χ2v) is 5.60. The average molecular weight is 302 g/mol. The molecule has 0 radical (unpaired) electrons. The number of aliphatic hydroxyl groups is 1. The van der Waals surface area contributed by atoms with Crippen LogP contribution in [0.4, 0.5) is 0 Å². The van der Waals surface area contributed by atoms with Gasteiger partial charge in [0, 0.05) is 10.5 Å². The number of hydrogen-bond acceptors (Lipinski definition) is 4. The first-order valence-corrected chi connectivity index (χ1v) is 7.80. The number of ether oxygens (including phenoxy) is 1. The fourth-order valence-electron chi connectivity index (χ4n) is 2.07. The maximum absolute atomic E-state index is 12.3. The normalized spacial score (nSPS) is 12.0. The van der Waals surface area contributed by atoms with Crippen LogP contribution in [0, 0.1) is 6.92 Å². The van der Waals surface area contributed by atoms with Crippen molar-refractivity contribution in [2.75, 3.05) is 13.4 Å². The van der Waals surface area contributed by atoms with E-state index in [1.54, 1.807) is 43.1 Å². The summed E-state index contributed by atoms with van der Waals surface area (Å²) in [4.78, 5) is 13.4. The molecule has 3 nitrogen and oxygen atoms in total. The van der Waals surface area contributed by atoms with E-state index < -0.39 is 6.10 Å². The summed E-state index contributed by atoms with van der Waals surface area (Å²) in [5.74, 6) is 0.352. The Labute approximate surface area is 129 Å². The van der Waals surface area contributed by atoms with E-state index in [4.69, 9.17) is 4.74 Å². The van der Waals surface area contributed by atoms with E-state index in [1.165, 1.54) is 0 Å². The molecule has 0 spiro atoms. The van der Waals surface area contributed by atoms with Crippen molar-refractivity contribution in [1.82, 2.24) is 0 Å². The molecular formula is C17H18O3S. The van der Waals surface area contributed by atoms with Gasteiger partial charge >= 0.3 is 0 Å². The first-order valence-electron chi connectivity index (χ1n) is 6.57. The quantitative estimate of drug-likeness (QED) is 0.676. The minimum absolute atomic E-state index is 0.312. The average Bonchev–Trinajstić information content (AvgIpc) is 2.54. The number of carbonyl (C=O) groups is 1. The van der Waals surface area contributed by atoms with Crippen LogP contribution in [-0.2, 0) is 0 Å². The highest BCUT2D eigenvalue weighted by Gasteiger charge is 2.20. The number of methoxy groups -OCH3 is 1. The number of thioether (sulfide) groups is 1. The van der Waals surface area contributed by atoms with Crippen molar-refractivity contribution < 1.29 is 14.6 Å². The summed E-state index contributed by atoms with van der Waals surface area (Å²) in [5.41, 5.74) is 2.00. The van der Waals surface area contributed by atoms with E-state index in [9.17, 15) is 9.90 Å². The molecule has 2 rings (SSSR count). The van der Waals surface area contributed by atoms with Crippen molar-refractivity contribution in [2.24, 2.45) is 0 Å². The Morgan fingerprint density at radius 3 is 2.43 bits per heavy atom. The number of hydrogen-bond donors (Lipinski definition) is 1. The topological polar surface area (TPSA) is 46.5 Å². The van der Waals surface area contributed by atoms with Crippen molar-refractivity contribution >= 4 is 17.5 Å². The Bertz CT molecular complexity index is 635. The molecule has 0 aliphatic rings. The molecule has 0 saturated carbocycles. The van der Waals surface area contributed by atoms with Crippen LogP contribution in [0.2, 0.25) is 0 Å². The van der Waals surface area contributed by atoms with Gasteiger partial charge in [-0.2, -0.15) is 0 Å². The summed E-state index contributed by atoms with van der Waals surface area (Å²) < 4.78 is 5.23. The van der Waals surface area contributed by atoms with Crippen LogP contribution < -0.4 is 4.74 Å². The summed E-state index contributed by atoms with van der Waals surface area (Å²) in [6.07, 6.45) is 0.796. The Kier molecular flexibility index (Phi) is 5.04. The van der Waals surface area contributed by atoms with Gasteiger partial charge in [-0.15, -0.1) is 11.8 Å². The second kappa shape index (κ2) is 6.78. The molecule has 0 amide bonds. The maximum Gasteiger partial charge on any atom is 0.195 e. The van der Waals surface area contributed by atoms with Gasteiger partial charge in [0.2, 0.25) is 0 Å². The zero-order valence-electron chi connectivity index (χ0n) is 12.3. The molecule has 0 aliphatic carbocycles. The molecule has 2 aromatic rings. The summed E-state index contributed by atoms with van der Waals surface area (Å²) in [6.45, 7) is 1.91. The molecule has 110 valence electrons. The third kappa shape index (κ3) is 3.46. The predicted molar refractivity (Wildman–Crippen MR) is 85.2 cm³/mol. The number of aryl methyl sites for hydroxylation is 1. The number of ketones is 1. The molecule has 0 bridgehead atoms. The van der Waals surface area contributed by atoms with Crippen molar-refractivity contribution in [2.45, 2.75) is 17.9 Å². The van der Waals surface area contributed by atoms with Crippen LogP contribution in [0.15, 0.2) is 47.4 Å². The summed E-state index contributed by atoms with van der Waals surface area (Å²) >= 11 is 1.61. The molecule has 0 fully saturated rings. The monoisotopic (exact) mass is 302 g/mol. The highest BCUT2D eigenvalue weighted by molar-refractivity contribution is 7.98. The van der Waals surface area contributed by atoms with E-state index >= 15 is 0 Å². The largest absolute Gasteiger partial charge is 0.496 e. The van der Waals surface area contributed by atoms with Gasteiger partial charge in [0.1, 0.15) is 11.9 Å². The molecule has 0 aromatic heterocycles. The van der Waals surface area contributed by atoms with Gasteiger partial charge in [-0.3, -0.25) is 4.79 Å². The van der Waals surface area contributed by atoms with Crippen LogP contribution in [-0.4, -0.2) is 24.3 Å². The molecule has 0 heterocycles. The van der Waals surface area contributed by atoms with Gasteiger partial charge in [-0.1, -0.05) is 24.3 Å². The highest BCUT2D eigenvalue weighted by Crippen LogP contribution is 2.26. The van der Waals surface area contributed by atoms with Gasteiger partial charge in [0.25, 0.3) is 0 Å². The van der Waals surface area contributed by atoms with Gasteiger partial charge in [0.15, 0.2) is 5.78 Å².